The molecular formula is C27H19Cl2F6N4O3+. The molecular weight excluding hydrogens is 613 g/mol. The molecule has 1 aliphatic rings. The molecule has 5 rings (SSSR count). The van der Waals surface area contributed by atoms with E-state index in [1.54, 1.807) is 0 Å². The minimum absolute atomic E-state index is 0.0431. The molecule has 0 atom stereocenters. The molecule has 0 aliphatic carbocycles. The summed E-state index contributed by atoms with van der Waals surface area (Å²) in [4.78, 5) is 18.6. The van der Waals surface area contributed by atoms with Crippen molar-refractivity contribution < 1.29 is 40.8 Å². The van der Waals surface area contributed by atoms with Gasteiger partial charge in [-0.2, -0.15) is 31.3 Å². The van der Waals surface area contributed by atoms with E-state index in [9.17, 15) is 36.2 Å². The van der Waals surface area contributed by atoms with E-state index in [1.807, 2.05) is 0 Å². The Bertz CT molecular complexity index is 1570. The summed E-state index contributed by atoms with van der Waals surface area (Å²) >= 11 is 11.9. The minimum Gasteiger partial charge on any atom is -0.505 e. The van der Waals surface area contributed by atoms with E-state index < -0.39 is 35.3 Å². The van der Waals surface area contributed by atoms with Gasteiger partial charge in [0.15, 0.2) is 5.75 Å². The second-order valence-corrected chi connectivity index (χ2v) is 10.3. The molecule has 2 heterocycles. The summed E-state index contributed by atoms with van der Waals surface area (Å²) in [5.41, 5.74) is -1.39. The second kappa shape index (κ2) is 10.8. The number of carbonyl (C=O) groups is 1. The number of carbonyl (C=O) groups excluding carboxylic acids is 1. The number of benzene rings is 3. The van der Waals surface area contributed by atoms with Crippen molar-refractivity contribution in [3.05, 3.63) is 87.7 Å². The predicted molar refractivity (Wildman–Crippen MR) is 141 cm³/mol. The number of hydrogen-bond acceptors (Lipinski definition) is 5. The Morgan fingerprint density at radius 1 is 0.857 bits per heavy atom. The average Bonchev–Trinajstić information content (AvgIpc) is 3.45. The van der Waals surface area contributed by atoms with Gasteiger partial charge >= 0.3 is 24.2 Å². The highest BCUT2D eigenvalue weighted by Gasteiger charge is 2.43. The largest absolute Gasteiger partial charge is 0.505 e. The van der Waals surface area contributed by atoms with Crippen molar-refractivity contribution >= 4 is 40.5 Å². The molecule has 15 heteroatoms. The number of aromatic hydroxyl groups is 1. The van der Waals surface area contributed by atoms with Gasteiger partial charge < -0.3 is 14.5 Å². The summed E-state index contributed by atoms with van der Waals surface area (Å²) in [6, 6.07) is 11.5. The van der Waals surface area contributed by atoms with Crippen LogP contribution < -0.4 is 4.48 Å². The topological polar surface area (TPSA) is 79.5 Å². The first kappa shape index (κ1) is 29.7. The number of phenolic OH excluding ortho intramolecular Hbond substituents is 1. The van der Waals surface area contributed by atoms with Crippen LogP contribution in [0.5, 0.6) is 5.75 Å². The van der Waals surface area contributed by atoms with Crippen LogP contribution in [0.2, 0.25) is 10.0 Å². The number of halogens is 8. The second-order valence-electron chi connectivity index (χ2n) is 9.52. The van der Waals surface area contributed by atoms with Crippen LogP contribution in [0, 0.1) is 0 Å². The van der Waals surface area contributed by atoms with E-state index in [0.717, 1.165) is 24.3 Å². The number of phenols is 1. The third-order valence-electron chi connectivity index (χ3n) is 7.01. The summed E-state index contributed by atoms with van der Waals surface area (Å²) in [5.74, 6) is -1.48. The number of amides is 1. The lowest BCUT2D eigenvalue weighted by molar-refractivity contribution is -0.138. The zero-order valence-corrected chi connectivity index (χ0v) is 22.7. The molecule has 0 bridgehead atoms. The lowest BCUT2D eigenvalue weighted by Crippen LogP contribution is -2.58. The fourth-order valence-electron chi connectivity index (χ4n) is 4.83. The van der Waals surface area contributed by atoms with Crippen LogP contribution >= 0.6 is 23.2 Å². The lowest BCUT2D eigenvalue weighted by Gasteiger charge is -2.44. The molecule has 42 heavy (non-hydrogen) atoms. The Balaban J connectivity index is 1.46. The number of hydrogen-bond donors (Lipinski definition) is 1. The van der Waals surface area contributed by atoms with Crippen molar-refractivity contribution in [3.8, 4) is 17.1 Å². The molecule has 220 valence electrons. The van der Waals surface area contributed by atoms with Crippen LogP contribution in [0.1, 0.15) is 21.8 Å². The maximum atomic E-state index is 13.6. The minimum atomic E-state index is -4.67. The number of rotatable bonds is 4. The van der Waals surface area contributed by atoms with E-state index in [1.165, 1.54) is 41.3 Å². The van der Waals surface area contributed by atoms with Crippen molar-refractivity contribution in [3.63, 3.8) is 0 Å². The summed E-state index contributed by atoms with van der Waals surface area (Å²) in [7, 11) is 0. The zero-order chi connectivity index (χ0) is 30.4. The van der Waals surface area contributed by atoms with Gasteiger partial charge in [0.2, 0.25) is 5.82 Å². The first-order chi connectivity index (χ1) is 19.7. The Kier molecular flexibility index (Phi) is 7.62. The SMILES string of the molecule is O=C(c1nc(-c2cc(Cl)c(O)c(Cl)c2)no1)N1CC[N+](c2cccc(C(F)(F)F)c2)(c2cccc(C(F)(F)F)c2)CC1. The van der Waals surface area contributed by atoms with Crippen molar-refractivity contribution in [1.82, 2.24) is 19.5 Å². The molecule has 7 nitrogen and oxygen atoms in total. The Morgan fingerprint density at radius 3 is 1.83 bits per heavy atom. The molecule has 1 aromatic heterocycles. The average molecular weight is 632 g/mol. The molecule has 1 aliphatic heterocycles. The quantitative estimate of drug-likeness (QED) is 0.185. The molecule has 0 radical (unpaired) electrons. The Hall–Kier alpha value is -3.81. The highest BCUT2D eigenvalue weighted by atomic mass is 35.5. The molecule has 1 amide bonds. The number of alkyl halides is 6. The van der Waals surface area contributed by atoms with E-state index >= 15 is 0 Å². The number of quaternary nitrogens is 1. The van der Waals surface area contributed by atoms with Crippen LogP contribution in [-0.2, 0) is 12.4 Å². The zero-order valence-electron chi connectivity index (χ0n) is 21.2. The maximum absolute atomic E-state index is 13.6. The van der Waals surface area contributed by atoms with Crippen LogP contribution in [0.4, 0.5) is 37.7 Å². The third-order valence-corrected chi connectivity index (χ3v) is 7.59. The smallest absolute Gasteiger partial charge is 0.416 e. The first-order valence-corrected chi connectivity index (χ1v) is 13.0. The van der Waals surface area contributed by atoms with Gasteiger partial charge in [-0.15, -0.1) is 0 Å². The number of nitrogens with zero attached hydrogens (tertiary/aromatic N) is 4. The summed E-state index contributed by atoms with van der Waals surface area (Å²) < 4.78 is 86.2. The summed E-state index contributed by atoms with van der Waals surface area (Å²) in [6.45, 7) is -0.198. The molecule has 3 aromatic carbocycles. The van der Waals surface area contributed by atoms with E-state index in [4.69, 9.17) is 27.7 Å². The van der Waals surface area contributed by atoms with E-state index in [0.29, 0.717) is 0 Å². The standard InChI is InChI=1S/C27H18Cl2F6N4O3/c28-20-11-15(12-21(29)22(20)40)23-36-24(42-37-23)25(41)38-7-9-39(10-8-38,18-5-1-3-16(13-18)26(30,31)32)19-6-2-4-17(14-19)27(33,34)35/h1-6,11-14H,7-10H2/p+1. The van der Waals surface area contributed by atoms with Crippen LogP contribution in [0.3, 0.4) is 0 Å². The highest BCUT2D eigenvalue weighted by Crippen LogP contribution is 2.42. The molecule has 0 unspecified atom stereocenters. The molecule has 1 saturated heterocycles. The maximum Gasteiger partial charge on any atom is 0.416 e. The molecule has 1 fully saturated rings. The van der Waals surface area contributed by atoms with Gasteiger partial charge in [0.1, 0.15) is 24.5 Å². The van der Waals surface area contributed by atoms with Crippen LogP contribution in [0.15, 0.2) is 65.2 Å². The number of piperazine rings is 1. The van der Waals surface area contributed by atoms with Crippen molar-refractivity contribution in [1.29, 1.82) is 0 Å². The van der Waals surface area contributed by atoms with E-state index in [2.05, 4.69) is 10.1 Å². The van der Waals surface area contributed by atoms with Crippen molar-refractivity contribution in [2.75, 3.05) is 26.2 Å². The summed E-state index contributed by atoms with van der Waals surface area (Å²) in [6.07, 6.45) is -9.35. The van der Waals surface area contributed by atoms with Crippen molar-refractivity contribution in [2.24, 2.45) is 0 Å². The van der Waals surface area contributed by atoms with Gasteiger partial charge in [-0.25, -0.2) is 0 Å². The third kappa shape index (κ3) is 5.63. The summed E-state index contributed by atoms with van der Waals surface area (Å²) in [5, 5.41) is 13.4. The lowest BCUT2D eigenvalue weighted by atomic mass is 10.1. The van der Waals surface area contributed by atoms with Gasteiger partial charge in [-0.3, -0.25) is 9.28 Å². The number of aromatic nitrogens is 2. The predicted octanol–water partition coefficient (Wildman–Crippen LogP) is 7.58. The van der Waals surface area contributed by atoms with Gasteiger partial charge in [-0.05, 0) is 36.4 Å². The normalized spacial score (nSPS) is 15.6. The first-order valence-electron chi connectivity index (χ1n) is 12.2. The highest BCUT2D eigenvalue weighted by molar-refractivity contribution is 6.37. The molecule has 0 saturated carbocycles. The van der Waals surface area contributed by atoms with Crippen molar-refractivity contribution in [2.45, 2.75) is 12.4 Å². The monoisotopic (exact) mass is 631 g/mol. The fraction of sp³-hybridized carbons (Fsp3) is 0.222. The Morgan fingerprint density at radius 2 is 1.36 bits per heavy atom. The van der Waals surface area contributed by atoms with E-state index in [-0.39, 0.29) is 69.2 Å². The van der Waals surface area contributed by atoms with Crippen LogP contribution in [-0.4, -0.2) is 52.2 Å². The van der Waals surface area contributed by atoms with Crippen LogP contribution in [0.25, 0.3) is 11.4 Å². The Labute approximate surface area is 244 Å². The van der Waals surface area contributed by atoms with Gasteiger partial charge in [0.05, 0.1) is 34.3 Å². The molecule has 4 aromatic rings. The van der Waals surface area contributed by atoms with Gasteiger partial charge in [0, 0.05) is 17.7 Å². The van der Waals surface area contributed by atoms with Gasteiger partial charge in [-0.1, -0.05) is 40.5 Å². The fourth-order valence-corrected chi connectivity index (χ4v) is 5.32. The molecule has 0 spiro atoms. The molecule has 1 N–H and O–H groups in total. The van der Waals surface area contributed by atoms with Gasteiger partial charge in [0.25, 0.3) is 0 Å².